The van der Waals surface area contributed by atoms with E-state index in [1.54, 1.807) is 0 Å². The number of nitrogens with zero attached hydrogens (tertiary/aromatic N) is 2. The first-order chi connectivity index (χ1) is 10.2. The first-order valence-corrected chi connectivity index (χ1v) is 7.15. The second-order valence-corrected chi connectivity index (χ2v) is 5.24. The number of hydrogen-bond donors (Lipinski definition) is 3. The van der Waals surface area contributed by atoms with Crippen molar-refractivity contribution < 1.29 is 0 Å². The van der Waals surface area contributed by atoms with E-state index in [-0.39, 0.29) is 6.04 Å². The van der Waals surface area contributed by atoms with Crippen LogP contribution in [0.5, 0.6) is 0 Å². The SMILES string of the molecule is CNCCC(c1ccc2cc(Cl)ccc2c1)N(N)/N=C\N. The zero-order chi connectivity index (χ0) is 15.2. The molecule has 2 aromatic carbocycles. The highest BCUT2D eigenvalue weighted by molar-refractivity contribution is 6.31. The molecule has 1 atom stereocenters. The van der Waals surface area contributed by atoms with Crippen molar-refractivity contribution in [2.45, 2.75) is 12.5 Å². The molecule has 0 bridgehead atoms. The number of hydrogen-bond acceptors (Lipinski definition) is 4. The van der Waals surface area contributed by atoms with Gasteiger partial charge in [0.1, 0.15) is 6.34 Å². The van der Waals surface area contributed by atoms with Crippen LogP contribution in [0.1, 0.15) is 18.0 Å². The first kappa shape index (κ1) is 15.6. The van der Waals surface area contributed by atoms with Crippen molar-refractivity contribution in [1.29, 1.82) is 0 Å². The summed E-state index contributed by atoms with van der Waals surface area (Å²) in [6.45, 7) is 0.830. The molecule has 0 heterocycles. The summed E-state index contributed by atoms with van der Waals surface area (Å²) in [6.07, 6.45) is 2.02. The number of hydrazine groups is 1. The average Bonchev–Trinajstić information content (AvgIpc) is 2.48. The summed E-state index contributed by atoms with van der Waals surface area (Å²) in [4.78, 5) is 0. The molecule has 21 heavy (non-hydrogen) atoms. The van der Waals surface area contributed by atoms with Crippen LogP contribution >= 0.6 is 11.6 Å². The van der Waals surface area contributed by atoms with Crippen LogP contribution < -0.4 is 16.9 Å². The molecule has 0 aliphatic rings. The topological polar surface area (TPSA) is 79.7 Å². The maximum Gasteiger partial charge on any atom is 0.107 e. The quantitative estimate of drug-likeness (QED) is 0.331. The van der Waals surface area contributed by atoms with Crippen molar-refractivity contribution >= 4 is 28.7 Å². The summed E-state index contributed by atoms with van der Waals surface area (Å²) in [5.74, 6) is 5.98. The molecule has 0 aliphatic carbocycles. The lowest BCUT2D eigenvalue weighted by molar-refractivity contribution is 0.201. The van der Waals surface area contributed by atoms with Gasteiger partial charge in [-0.05, 0) is 54.5 Å². The van der Waals surface area contributed by atoms with Gasteiger partial charge in [0.25, 0.3) is 0 Å². The number of benzene rings is 2. The molecule has 2 rings (SSSR count). The van der Waals surface area contributed by atoms with Crippen LogP contribution in [-0.4, -0.2) is 25.0 Å². The number of hydrazone groups is 1. The predicted octanol–water partition coefficient (Wildman–Crippen LogP) is 2.22. The Morgan fingerprint density at radius 1 is 1.29 bits per heavy atom. The van der Waals surface area contributed by atoms with Crippen molar-refractivity contribution in [3.8, 4) is 0 Å². The van der Waals surface area contributed by atoms with Crippen molar-refractivity contribution in [1.82, 2.24) is 10.4 Å². The molecule has 0 fully saturated rings. The van der Waals surface area contributed by atoms with E-state index in [0.717, 1.165) is 34.3 Å². The van der Waals surface area contributed by atoms with E-state index in [9.17, 15) is 0 Å². The smallest absolute Gasteiger partial charge is 0.107 e. The molecule has 1 unspecified atom stereocenters. The fourth-order valence-electron chi connectivity index (χ4n) is 2.33. The van der Waals surface area contributed by atoms with E-state index >= 15 is 0 Å². The normalized spacial score (nSPS) is 12.9. The van der Waals surface area contributed by atoms with Crippen LogP contribution in [0.4, 0.5) is 0 Å². The third-order valence-electron chi connectivity index (χ3n) is 3.40. The zero-order valence-electron chi connectivity index (χ0n) is 12.0. The molecular formula is C15H20ClN5. The van der Waals surface area contributed by atoms with Crippen molar-refractivity contribution in [3.63, 3.8) is 0 Å². The van der Waals surface area contributed by atoms with Gasteiger partial charge in [-0.15, -0.1) is 0 Å². The van der Waals surface area contributed by atoms with E-state index < -0.39 is 0 Å². The molecule has 0 amide bonds. The zero-order valence-corrected chi connectivity index (χ0v) is 12.7. The van der Waals surface area contributed by atoms with Gasteiger partial charge in [-0.25, -0.2) is 11.0 Å². The second-order valence-electron chi connectivity index (χ2n) is 4.80. The second kappa shape index (κ2) is 7.26. The third-order valence-corrected chi connectivity index (χ3v) is 3.63. The molecule has 0 saturated carbocycles. The summed E-state index contributed by atoms with van der Waals surface area (Å²) in [5, 5.41) is 11.4. The van der Waals surface area contributed by atoms with Gasteiger partial charge in [0.05, 0.1) is 6.04 Å². The first-order valence-electron chi connectivity index (χ1n) is 6.77. The van der Waals surface area contributed by atoms with E-state index in [1.165, 1.54) is 11.5 Å². The van der Waals surface area contributed by atoms with Gasteiger partial charge in [-0.3, -0.25) is 0 Å². The molecule has 0 spiro atoms. The summed E-state index contributed by atoms with van der Waals surface area (Å²) in [6, 6.07) is 12.0. The molecular weight excluding hydrogens is 286 g/mol. The third kappa shape index (κ3) is 3.85. The molecule has 0 saturated heterocycles. The highest BCUT2D eigenvalue weighted by Gasteiger charge is 2.16. The lowest BCUT2D eigenvalue weighted by Gasteiger charge is -2.25. The maximum atomic E-state index is 6.01. The summed E-state index contributed by atoms with van der Waals surface area (Å²) < 4.78 is 0. The Balaban J connectivity index is 2.36. The lowest BCUT2D eigenvalue weighted by Crippen LogP contribution is -2.32. The van der Waals surface area contributed by atoms with Crippen molar-refractivity contribution in [2.75, 3.05) is 13.6 Å². The fourth-order valence-corrected chi connectivity index (χ4v) is 2.51. The standard InChI is InChI=1S/C15H20ClN5/c1-19-7-6-15(21(18)20-10-17)13-3-2-12-9-14(16)5-4-11(12)8-13/h2-5,8-10,15,19H,6-7,18H2,1H3,(H2,17,20). The minimum Gasteiger partial charge on any atom is -0.388 e. The Morgan fingerprint density at radius 2 is 2.00 bits per heavy atom. The maximum absolute atomic E-state index is 6.01. The molecule has 0 aliphatic heterocycles. The Kier molecular flexibility index (Phi) is 5.38. The minimum absolute atomic E-state index is 0.0441. The monoisotopic (exact) mass is 305 g/mol. The van der Waals surface area contributed by atoms with Gasteiger partial charge < -0.3 is 11.1 Å². The Labute approximate surface area is 129 Å². The highest BCUT2D eigenvalue weighted by Crippen LogP contribution is 2.27. The number of nitrogens with one attached hydrogen (secondary N) is 1. The van der Waals surface area contributed by atoms with Gasteiger partial charge in [-0.1, -0.05) is 29.8 Å². The number of rotatable bonds is 6. The van der Waals surface area contributed by atoms with E-state index in [0.29, 0.717) is 0 Å². The van der Waals surface area contributed by atoms with E-state index in [2.05, 4.69) is 16.5 Å². The van der Waals surface area contributed by atoms with Crippen LogP contribution in [0, 0.1) is 0 Å². The Hall–Kier alpha value is -1.82. The van der Waals surface area contributed by atoms with Crippen molar-refractivity contribution in [2.24, 2.45) is 16.7 Å². The number of fused-ring (bicyclic) bond motifs is 1. The van der Waals surface area contributed by atoms with Gasteiger partial charge in [0.2, 0.25) is 0 Å². The molecule has 0 aromatic heterocycles. The van der Waals surface area contributed by atoms with Crippen LogP contribution in [0.15, 0.2) is 41.5 Å². The van der Waals surface area contributed by atoms with Crippen LogP contribution in [0.3, 0.4) is 0 Å². The predicted molar refractivity (Wildman–Crippen MR) is 88.9 cm³/mol. The molecule has 5 N–H and O–H groups in total. The van der Waals surface area contributed by atoms with Crippen LogP contribution in [0.25, 0.3) is 10.8 Å². The number of nitrogens with two attached hydrogens (primary N) is 2. The molecule has 5 nitrogen and oxygen atoms in total. The summed E-state index contributed by atoms with van der Waals surface area (Å²) >= 11 is 6.01. The van der Waals surface area contributed by atoms with Crippen LogP contribution in [0.2, 0.25) is 5.02 Å². The molecule has 6 heteroatoms. The molecule has 0 radical (unpaired) electrons. The largest absolute Gasteiger partial charge is 0.388 e. The summed E-state index contributed by atoms with van der Waals surface area (Å²) in [7, 11) is 1.91. The molecule has 2 aromatic rings. The van der Waals surface area contributed by atoms with Gasteiger partial charge in [-0.2, -0.15) is 5.10 Å². The van der Waals surface area contributed by atoms with Gasteiger partial charge in [0, 0.05) is 5.02 Å². The van der Waals surface area contributed by atoms with Crippen molar-refractivity contribution in [3.05, 3.63) is 47.0 Å². The van der Waals surface area contributed by atoms with Gasteiger partial charge in [0.15, 0.2) is 0 Å². The fraction of sp³-hybridized carbons (Fsp3) is 0.267. The van der Waals surface area contributed by atoms with Gasteiger partial charge >= 0.3 is 0 Å². The average molecular weight is 306 g/mol. The Morgan fingerprint density at radius 3 is 2.71 bits per heavy atom. The van der Waals surface area contributed by atoms with E-state index in [4.69, 9.17) is 23.2 Å². The Bertz CT molecular complexity index is 628. The number of halogens is 1. The summed E-state index contributed by atoms with van der Waals surface area (Å²) in [5.41, 5.74) is 6.43. The highest BCUT2D eigenvalue weighted by atomic mass is 35.5. The van der Waals surface area contributed by atoms with Crippen LogP contribution in [-0.2, 0) is 0 Å². The molecule has 112 valence electrons. The lowest BCUT2D eigenvalue weighted by atomic mass is 10.00. The van der Waals surface area contributed by atoms with E-state index in [1.807, 2.05) is 37.4 Å². The minimum atomic E-state index is -0.0441.